The van der Waals surface area contributed by atoms with Gasteiger partial charge in [-0.25, -0.2) is 0 Å². The molecule has 2 aliphatic rings. The Labute approximate surface area is 116 Å². The molecule has 1 saturated heterocycles. The third-order valence-electron chi connectivity index (χ3n) is 3.97. The van der Waals surface area contributed by atoms with Crippen LogP contribution in [0.3, 0.4) is 0 Å². The molecule has 1 heterocycles. The standard InChI is InChI=1S/C13H21F3N2O2/c14-13(15,16)9-1-3-10(4-2-9)18-12(19)7-11-8-17-5-6-20-11/h9-11,17H,1-8H2,(H,18,19). The Bertz CT molecular complexity index is 322. The van der Waals surface area contributed by atoms with E-state index in [1.165, 1.54) is 0 Å². The Hall–Kier alpha value is -0.820. The van der Waals surface area contributed by atoms with Gasteiger partial charge in [-0.05, 0) is 25.7 Å². The lowest BCUT2D eigenvalue weighted by atomic mass is 9.85. The largest absolute Gasteiger partial charge is 0.391 e. The van der Waals surface area contributed by atoms with Crippen molar-refractivity contribution in [1.29, 1.82) is 0 Å². The van der Waals surface area contributed by atoms with Gasteiger partial charge in [0.15, 0.2) is 0 Å². The van der Waals surface area contributed by atoms with Crippen LogP contribution in [-0.4, -0.2) is 43.9 Å². The fourth-order valence-electron chi connectivity index (χ4n) is 2.81. The van der Waals surface area contributed by atoms with E-state index in [2.05, 4.69) is 10.6 Å². The van der Waals surface area contributed by atoms with E-state index in [1.807, 2.05) is 0 Å². The predicted octanol–water partition coefficient (Wildman–Crippen LogP) is 1.60. The summed E-state index contributed by atoms with van der Waals surface area (Å²) in [6.07, 6.45) is -2.94. The third kappa shape index (κ3) is 4.63. The van der Waals surface area contributed by atoms with E-state index in [0.29, 0.717) is 26.0 Å². The number of morpholine rings is 1. The highest BCUT2D eigenvalue weighted by atomic mass is 19.4. The Morgan fingerprint density at radius 3 is 2.50 bits per heavy atom. The number of nitrogens with one attached hydrogen (secondary N) is 2. The zero-order valence-electron chi connectivity index (χ0n) is 11.3. The highest BCUT2D eigenvalue weighted by Crippen LogP contribution is 2.37. The van der Waals surface area contributed by atoms with Gasteiger partial charge in [0.1, 0.15) is 0 Å². The van der Waals surface area contributed by atoms with E-state index in [4.69, 9.17) is 4.74 Å². The van der Waals surface area contributed by atoms with Crippen molar-refractivity contribution in [2.24, 2.45) is 5.92 Å². The zero-order valence-corrected chi connectivity index (χ0v) is 11.3. The second kappa shape index (κ2) is 6.76. The number of alkyl halides is 3. The highest BCUT2D eigenvalue weighted by Gasteiger charge is 2.41. The molecule has 116 valence electrons. The van der Waals surface area contributed by atoms with E-state index < -0.39 is 12.1 Å². The van der Waals surface area contributed by atoms with Crippen LogP contribution in [0.4, 0.5) is 13.2 Å². The van der Waals surface area contributed by atoms with Gasteiger partial charge >= 0.3 is 6.18 Å². The van der Waals surface area contributed by atoms with Crippen LogP contribution in [0.25, 0.3) is 0 Å². The fourth-order valence-corrected chi connectivity index (χ4v) is 2.81. The predicted molar refractivity (Wildman–Crippen MR) is 67.2 cm³/mol. The number of hydrogen-bond donors (Lipinski definition) is 2. The van der Waals surface area contributed by atoms with E-state index in [-0.39, 0.29) is 37.3 Å². The lowest BCUT2D eigenvalue weighted by Crippen LogP contribution is -2.44. The Morgan fingerprint density at radius 1 is 1.25 bits per heavy atom. The van der Waals surface area contributed by atoms with Crippen molar-refractivity contribution in [2.75, 3.05) is 19.7 Å². The minimum Gasteiger partial charge on any atom is -0.375 e. The highest BCUT2D eigenvalue weighted by molar-refractivity contribution is 5.76. The van der Waals surface area contributed by atoms with E-state index in [1.54, 1.807) is 0 Å². The maximum absolute atomic E-state index is 12.5. The first-order chi connectivity index (χ1) is 9.45. The lowest BCUT2D eigenvalue weighted by Gasteiger charge is -2.31. The Kier molecular flexibility index (Phi) is 5.26. The second-order valence-electron chi connectivity index (χ2n) is 5.56. The summed E-state index contributed by atoms with van der Waals surface area (Å²) in [5.41, 5.74) is 0. The Morgan fingerprint density at radius 2 is 1.95 bits per heavy atom. The molecule has 4 nitrogen and oxygen atoms in total. The first-order valence-corrected chi connectivity index (χ1v) is 7.13. The number of hydrogen-bond acceptors (Lipinski definition) is 3. The van der Waals surface area contributed by atoms with E-state index >= 15 is 0 Å². The average molecular weight is 294 g/mol. The number of amides is 1. The summed E-state index contributed by atoms with van der Waals surface area (Å²) in [6.45, 7) is 2.03. The summed E-state index contributed by atoms with van der Waals surface area (Å²) in [6, 6.07) is -0.127. The molecular weight excluding hydrogens is 273 g/mol. The molecule has 2 rings (SSSR count). The van der Waals surface area contributed by atoms with Crippen molar-refractivity contribution in [3.63, 3.8) is 0 Å². The van der Waals surface area contributed by atoms with Crippen LogP contribution in [0.1, 0.15) is 32.1 Å². The summed E-state index contributed by atoms with van der Waals surface area (Å²) in [7, 11) is 0. The number of carbonyl (C=O) groups excluding carboxylic acids is 1. The Balaban J connectivity index is 1.68. The molecule has 0 radical (unpaired) electrons. The second-order valence-corrected chi connectivity index (χ2v) is 5.56. The molecule has 1 aliphatic heterocycles. The van der Waals surface area contributed by atoms with Crippen molar-refractivity contribution >= 4 is 5.91 Å². The molecule has 1 atom stereocenters. The van der Waals surface area contributed by atoms with Gasteiger partial charge in [0.25, 0.3) is 0 Å². The minimum absolute atomic E-state index is 0.107. The summed E-state index contributed by atoms with van der Waals surface area (Å²) in [5, 5.41) is 5.96. The van der Waals surface area contributed by atoms with Crippen molar-refractivity contribution in [3.8, 4) is 0 Å². The molecule has 1 aliphatic carbocycles. The summed E-state index contributed by atoms with van der Waals surface area (Å²) in [4.78, 5) is 11.8. The van der Waals surface area contributed by atoms with Gasteiger partial charge in [0.05, 0.1) is 25.0 Å². The van der Waals surface area contributed by atoms with Gasteiger partial charge in [-0.1, -0.05) is 0 Å². The molecular formula is C13H21F3N2O2. The van der Waals surface area contributed by atoms with Gasteiger partial charge in [-0.15, -0.1) is 0 Å². The molecule has 0 spiro atoms. The van der Waals surface area contributed by atoms with Gasteiger partial charge < -0.3 is 15.4 Å². The van der Waals surface area contributed by atoms with E-state index in [9.17, 15) is 18.0 Å². The maximum Gasteiger partial charge on any atom is 0.391 e. The number of halogens is 3. The molecule has 7 heteroatoms. The van der Waals surface area contributed by atoms with Crippen molar-refractivity contribution in [2.45, 2.75) is 50.4 Å². The lowest BCUT2D eigenvalue weighted by molar-refractivity contribution is -0.182. The average Bonchev–Trinajstić information content (AvgIpc) is 2.39. The summed E-state index contributed by atoms with van der Waals surface area (Å²) in [5.74, 6) is -1.34. The number of rotatable bonds is 3. The zero-order chi connectivity index (χ0) is 14.6. The van der Waals surface area contributed by atoms with E-state index in [0.717, 1.165) is 6.54 Å². The van der Waals surface area contributed by atoms with Gasteiger partial charge in [0, 0.05) is 19.1 Å². The van der Waals surface area contributed by atoms with Crippen LogP contribution in [0.15, 0.2) is 0 Å². The number of carbonyl (C=O) groups is 1. The van der Waals surface area contributed by atoms with Crippen LogP contribution in [-0.2, 0) is 9.53 Å². The summed E-state index contributed by atoms with van der Waals surface area (Å²) >= 11 is 0. The minimum atomic E-state index is -4.10. The van der Waals surface area contributed by atoms with Crippen molar-refractivity contribution < 1.29 is 22.7 Å². The molecule has 2 N–H and O–H groups in total. The van der Waals surface area contributed by atoms with Crippen LogP contribution in [0.2, 0.25) is 0 Å². The molecule has 1 amide bonds. The first-order valence-electron chi connectivity index (χ1n) is 7.13. The monoisotopic (exact) mass is 294 g/mol. The molecule has 0 aromatic heterocycles. The topological polar surface area (TPSA) is 50.4 Å². The van der Waals surface area contributed by atoms with Crippen LogP contribution >= 0.6 is 0 Å². The van der Waals surface area contributed by atoms with Crippen LogP contribution in [0.5, 0.6) is 0 Å². The quantitative estimate of drug-likeness (QED) is 0.831. The van der Waals surface area contributed by atoms with Crippen molar-refractivity contribution in [1.82, 2.24) is 10.6 Å². The fraction of sp³-hybridized carbons (Fsp3) is 0.923. The maximum atomic E-state index is 12.5. The smallest absolute Gasteiger partial charge is 0.375 e. The van der Waals surface area contributed by atoms with Gasteiger partial charge in [-0.2, -0.15) is 13.2 Å². The molecule has 1 unspecified atom stereocenters. The molecule has 0 bridgehead atoms. The van der Waals surface area contributed by atoms with Gasteiger partial charge in [0.2, 0.25) is 5.91 Å². The molecule has 20 heavy (non-hydrogen) atoms. The molecule has 2 fully saturated rings. The summed E-state index contributed by atoms with van der Waals surface area (Å²) < 4.78 is 43.0. The number of ether oxygens (including phenoxy) is 1. The van der Waals surface area contributed by atoms with Gasteiger partial charge in [-0.3, -0.25) is 4.79 Å². The third-order valence-corrected chi connectivity index (χ3v) is 3.97. The molecule has 0 aromatic carbocycles. The van der Waals surface area contributed by atoms with Crippen LogP contribution in [0, 0.1) is 5.92 Å². The normalized spacial score (nSPS) is 31.9. The first kappa shape index (κ1) is 15.6. The van der Waals surface area contributed by atoms with Crippen molar-refractivity contribution in [3.05, 3.63) is 0 Å². The molecule has 1 saturated carbocycles. The van der Waals surface area contributed by atoms with Crippen LogP contribution < -0.4 is 10.6 Å². The SMILES string of the molecule is O=C(CC1CNCCO1)NC1CCC(C(F)(F)F)CC1. The molecule has 0 aromatic rings.